The quantitative estimate of drug-likeness (QED) is 0.855. The Kier molecular flexibility index (Phi) is 4.32. The van der Waals surface area contributed by atoms with Gasteiger partial charge in [-0.3, -0.25) is 4.79 Å². The van der Waals surface area contributed by atoms with Crippen LogP contribution in [0.3, 0.4) is 0 Å². The van der Waals surface area contributed by atoms with Gasteiger partial charge in [-0.05, 0) is 34.5 Å². The Balaban J connectivity index is 2.78. The molecule has 1 amide bonds. The van der Waals surface area contributed by atoms with Gasteiger partial charge in [-0.15, -0.1) is 0 Å². The Morgan fingerprint density at radius 2 is 2.33 bits per heavy atom. The summed E-state index contributed by atoms with van der Waals surface area (Å²) in [4.78, 5) is 11.7. The average Bonchev–Trinajstić information content (AvgIpc) is 2.18. The topological polar surface area (TPSA) is 52.9 Å². The first kappa shape index (κ1) is 11.7. The minimum atomic E-state index is -0.143. The van der Waals surface area contributed by atoms with Crippen molar-refractivity contribution in [2.24, 2.45) is 0 Å². The second-order valence-corrected chi connectivity index (χ2v) is 3.95. The molecule has 0 aromatic heterocycles. The Labute approximate surface area is 97.2 Å². The van der Waals surface area contributed by atoms with Crippen molar-refractivity contribution in [2.75, 3.05) is 6.54 Å². The van der Waals surface area contributed by atoms with E-state index in [1.165, 1.54) is 0 Å². The molecule has 3 nitrogen and oxygen atoms in total. The number of nitrogens with one attached hydrogen (secondary N) is 1. The van der Waals surface area contributed by atoms with Crippen molar-refractivity contribution in [3.05, 3.63) is 33.8 Å². The van der Waals surface area contributed by atoms with Crippen LogP contribution in [-0.4, -0.2) is 12.5 Å². The molecule has 0 radical (unpaired) electrons. The summed E-state index contributed by atoms with van der Waals surface area (Å²) in [6, 6.07) is 7.56. The number of amides is 1. The first-order chi connectivity index (χ1) is 7.16. The van der Waals surface area contributed by atoms with Gasteiger partial charge in [0, 0.05) is 11.0 Å². The zero-order valence-electron chi connectivity index (χ0n) is 8.38. The second-order valence-electron chi connectivity index (χ2n) is 3.10. The van der Waals surface area contributed by atoms with E-state index in [0.29, 0.717) is 18.5 Å². The molecule has 1 N–H and O–H groups in total. The molecule has 0 saturated heterocycles. The van der Waals surface area contributed by atoms with E-state index in [0.717, 1.165) is 10.0 Å². The van der Waals surface area contributed by atoms with Crippen LogP contribution in [0.4, 0.5) is 0 Å². The van der Waals surface area contributed by atoms with Crippen molar-refractivity contribution < 1.29 is 4.79 Å². The molecule has 0 bridgehead atoms. The number of rotatable bonds is 3. The molecule has 1 aromatic rings. The second kappa shape index (κ2) is 5.52. The van der Waals surface area contributed by atoms with Gasteiger partial charge in [0.1, 0.15) is 0 Å². The standard InChI is InChI=1S/C11H11BrN2O/c1-8-4-2-5-9(12)10(8)11(15)14-7-3-6-13/h2,4-5H,3,7H2,1H3,(H,14,15). The van der Waals surface area contributed by atoms with Crippen molar-refractivity contribution in [3.8, 4) is 6.07 Å². The fourth-order valence-electron chi connectivity index (χ4n) is 1.24. The van der Waals surface area contributed by atoms with Gasteiger partial charge in [-0.2, -0.15) is 5.26 Å². The Morgan fingerprint density at radius 1 is 1.60 bits per heavy atom. The summed E-state index contributed by atoms with van der Waals surface area (Å²) in [7, 11) is 0. The summed E-state index contributed by atoms with van der Waals surface area (Å²) in [5, 5.41) is 11.0. The summed E-state index contributed by atoms with van der Waals surface area (Å²) in [6.07, 6.45) is 0.329. The zero-order valence-corrected chi connectivity index (χ0v) is 9.97. The highest BCUT2D eigenvalue weighted by molar-refractivity contribution is 9.10. The predicted molar refractivity (Wildman–Crippen MR) is 61.4 cm³/mol. The van der Waals surface area contributed by atoms with E-state index in [2.05, 4.69) is 21.2 Å². The van der Waals surface area contributed by atoms with Crippen LogP contribution in [0.1, 0.15) is 22.3 Å². The van der Waals surface area contributed by atoms with E-state index in [1.54, 1.807) is 0 Å². The number of nitriles is 1. The smallest absolute Gasteiger partial charge is 0.252 e. The Hall–Kier alpha value is -1.34. The maximum Gasteiger partial charge on any atom is 0.252 e. The van der Waals surface area contributed by atoms with Crippen LogP contribution in [0.15, 0.2) is 22.7 Å². The average molecular weight is 267 g/mol. The molecule has 0 atom stereocenters. The normalized spacial score (nSPS) is 9.40. The molecule has 78 valence electrons. The summed E-state index contributed by atoms with van der Waals surface area (Å²) >= 11 is 3.33. The predicted octanol–water partition coefficient (Wildman–Crippen LogP) is 2.40. The highest BCUT2D eigenvalue weighted by Crippen LogP contribution is 2.19. The fraction of sp³-hybridized carbons (Fsp3) is 0.273. The molecule has 0 saturated carbocycles. The molecular weight excluding hydrogens is 256 g/mol. The molecule has 0 aliphatic carbocycles. The van der Waals surface area contributed by atoms with Gasteiger partial charge in [0.2, 0.25) is 0 Å². The molecule has 1 aromatic carbocycles. The van der Waals surface area contributed by atoms with E-state index < -0.39 is 0 Å². The minimum Gasteiger partial charge on any atom is -0.351 e. The van der Waals surface area contributed by atoms with E-state index in [9.17, 15) is 4.79 Å². The monoisotopic (exact) mass is 266 g/mol. The minimum absolute atomic E-state index is 0.143. The molecule has 0 unspecified atom stereocenters. The van der Waals surface area contributed by atoms with Gasteiger partial charge >= 0.3 is 0 Å². The summed E-state index contributed by atoms with van der Waals surface area (Å²) in [5.74, 6) is -0.143. The van der Waals surface area contributed by atoms with Gasteiger partial charge < -0.3 is 5.32 Å². The number of carbonyl (C=O) groups excluding carboxylic acids is 1. The van der Waals surface area contributed by atoms with Crippen molar-refractivity contribution in [2.45, 2.75) is 13.3 Å². The van der Waals surface area contributed by atoms with E-state index in [1.807, 2.05) is 31.2 Å². The zero-order chi connectivity index (χ0) is 11.3. The number of hydrogen-bond donors (Lipinski definition) is 1. The van der Waals surface area contributed by atoms with E-state index >= 15 is 0 Å². The molecule has 1 rings (SSSR count). The lowest BCUT2D eigenvalue weighted by Crippen LogP contribution is -2.25. The first-order valence-electron chi connectivity index (χ1n) is 4.57. The van der Waals surface area contributed by atoms with Crippen molar-refractivity contribution >= 4 is 21.8 Å². The van der Waals surface area contributed by atoms with Crippen LogP contribution in [0.5, 0.6) is 0 Å². The lowest BCUT2D eigenvalue weighted by molar-refractivity contribution is 0.0953. The summed E-state index contributed by atoms with van der Waals surface area (Å²) in [5.41, 5.74) is 1.55. The van der Waals surface area contributed by atoms with Crippen molar-refractivity contribution in [3.63, 3.8) is 0 Å². The van der Waals surface area contributed by atoms with Crippen LogP contribution in [0.25, 0.3) is 0 Å². The molecular formula is C11H11BrN2O. The van der Waals surface area contributed by atoms with Gasteiger partial charge in [0.15, 0.2) is 0 Å². The van der Waals surface area contributed by atoms with Crippen LogP contribution < -0.4 is 5.32 Å². The third-order valence-electron chi connectivity index (χ3n) is 1.97. The van der Waals surface area contributed by atoms with Gasteiger partial charge in [-0.25, -0.2) is 0 Å². The van der Waals surface area contributed by atoms with Crippen LogP contribution in [-0.2, 0) is 0 Å². The number of hydrogen-bond acceptors (Lipinski definition) is 2. The van der Waals surface area contributed by atoms with Crippen LogP contribution in [0, 0.1) is 18.3 Å². The highest BCUT2D eigenvalue weighted by atomic mass is 79.9. The lowest BCUT2D eigenvalue weighted by Gasteiger charge is -2.07. The van der Waals surface area contributed by atoms with Crippen LogP contribution >= 0.6 is 15.9 Å². The Morgan fingerprint density at radius 3 is 2.93 bits per heavy atom. The van der Waals surface area contributed by atoms with E-state index in [4.69, 9.17) is 5.26 Å². The fourth-order valence-corrected chi connectivity index (χ4v) is 1.89. The van der Waals surface area contributed by atoms with E-state index in [-0.39, 0.29) is 5.91 Å². The Bertz CT molecular complexity index is 389. The van der Waals surface area contributed by atoms with Crippen LogP contribution in [0.2, 0.25) is 0 Å². The highest BCUT2D eigenvalue weighted by Gasteiger charge is 2.11. The van der Waals surface area contributed by atoms with Crippen molar-refractivity contribution in [1.82, 2.24) is 5.32 Å². The third-order valence-corrected chi connectivity index (χ3v) is 2.63. The lowest BCUT2D eigenvalue weighted by atomic mass is 10.1. The SMILES string of the molecule is Cc1cccc(Br)c1C(=O)NCCC#N. The van der Waals surface area contributed by atoms with Crippen molar-refractivity contribution in [1.29, 1.82) is 5.26 Å². The molecule has 0 aliphatic rings. The largest absolute Gasteiger partial charge is 0.351 e. The summed E-state index contributed by atoms with van der Waals surface area (Å²) < 4.78 is 0.775. The third kappa shape index (κ3) is 3.07. The number of benzene rings is 1. The molecule has 0 heterocycles. The summed E-state index contributed by atoms with van der Waals surface area (Å²) in [6.45, 7) is 2.26. The molecule has 4 heteroatoms. The number of halogens is 1. The molecule has 0 fully saturated rings. The number of aryl methyl sites for hydroxylation is 1. The maximum atomic E-state index is 11.7. The molecule has 15 heavy (non-hydrogen) atoms. The molecule has 0 spiro atoms. The van der Waals surface area contributed by atoms with Gasteiger partial charge in [0.05, 0.1) is 18.1 Å². The van der Waals surface area contributed by atoms with Gasteiger partial charge in [-0.1, -0.05) is 12.1 Å². The first-order valence-corrected chi connectivity index (χ1v) is 5.36. The maximum absolute atomic E-state index is 11.7. The number of carbonyl (C=O) groups is 1. The van der Waals surface area contributed by atoms with Gasteiger partial charge in [0.25, 0.3) is 5.91 Å². The number of nitrogens with zero attached hydrogens (tertiary/aromatic N) is 1. The molecule has 0 aliphatic heterocycles.